The van der Waals surface area contributed by atoms with Crippen molar-refractivity contribution in [2.24, 2.45) is 4.99 Å². The van der Waals surface area contributed by atoms with Crippen molar-refractivity contribution >= 4 is 27.7 Å². The molecular formula is C15H19N3O5S. The molecule has 1 aromatic rings. The third-order valence-electron chi connectivity index (χ3n) is 3.35. The molecule has 1 atom stereocenters. The molecule has 0 fully saturated rings. The molecule has 0 spiro atoms. The quantitative estimate of drug-likeness (QED) is 0.758. The molecule has 1 aliphatic rings. The van der Waals surface area contributed by atoms with Crippen LogP contribution in [0.4, 0.5) is 0 Å². The van der Waals surface area contributed by atoms with Gasteiger partial charge in [-0.1, -0.05) is 12.1 Å². The summed E-state index contributed by atoms with van der Waals surface area (Å²) in [6.07, 6.45) is -0.927. The number of fused-ring (bicyclic) bond motifs is 1. The molecule has 1 N–H and O–H groups in total. The van der Waals surface area contributed by atoms with E-state index in [0.717, 1.165) is 0 Å². The number of carbonyl (C=O) groups is 2. The number of hydrogen-bond acceptors (Lipinski definition) is 6. The molecule has 1 aliphatic heterocycles. The van der Waals surface area contributed by atoms with Gasteiger partial charge in [0.05, 0.1) is 17.9 Å². The minimum atomic E-state index is -3.59. The summed E-state index contributed by atoms with van der Waals surface area (Å²) in [7, 11) is -0.449. The Morgan fingerprint density at radius 1 is 1.29 bits per heavy atom. The Kier molecular flexibility index (Phi) is 5.23. The van der Waals surface area contributed by atoms with Gasteiger partial charge in [-0.15, -0.1) is 0 Å². The van der Waals surface area contributed by atoms with Crippen molar-refractivity contribution in [2.45, 2.75) is 24.3 Å². The third kappa shape index (κ3) is 3.91. The molecule has 130 valence electrons. The second-order valence-electron chi connectivity index (χ2n) is 5.45. The minimum Gasteiger partial charge on any atom is -0.452 e. The lowest BCUT2D eigenvalue weighted by molar-refractivity contribution is -0.157. The molecule has 1 aromatic carbocycles. The molecule has 0 radical (unpaired) electrons. The van der Waals surface area contributed by atoms with E-state index >= 15 is 0 Å². The van der Waals surface area contributed by atoms with Crippen LogP contribution >= 0.6 is 0 Å². The van der Waals surface area contributed by atoms with Crippen LogP contribution in [0.2, 0.25) is 0 Å². The maximum absolute atomic E-state index is 11.9. The van der Waals surface area contributed by atoms with Gasteiger partial charge in [0.1, 0.15) is 5.84 Å². The van der Waals surface area contributed by atoms with Gasteiger partial charge < -0.3 is 9.64 Å². The summed E-state index contributed by atoms with van der Waals surface area (Å²) >= 11 is 0. The van der Waals surface area contributed by atoms with E-state index in [9.17, 15) is 18.0 Å². The molecule has 0 aliphatic carbocycles. The van der Waals surface area contributed by atoms with Crippen molar-refractivity contribution in [1.29, 1.82) is 0 Å². The van der Waals surface area contributed by atoms with Gasteiger partial charge >= 0.3 is 5.97 Å². The summed E-state index contributed by atoms with van der Waals surface area (Å²) in [5, 5.41) is 0. The number of ether oxygens (including phenoxy) is 1. The molecule has 0 unspecified atom stereocenters. The van der Waals surface area contributed by atoms with E-state index in [1.54, 1.807) is 32.3 Å². The van der Waals surface area contributed by atoms with Gasteiger partial charge in [0.2, 0.25) is 0 Å². The maximum atomic E-state index is 11.9. The number of amides is 1. The fourth-order valence-corrected chi connectivity index (χ4v) is 3.43. The van der Waals surface area contributed by atoms with Gasteiger partial charge in [0.15, 0.2) is 6.10 Å². The average Bonchev–Trinajstić information content (AvgIpc) is 2.78. The number of esters is 1. The molecule has 2 rings (SSSR count). The first-order valence-electron chi connectivity index (χ1n) is 7.29. The smallest absolute Gasteiger partial charge is 0.308 e. The number of benzene rings is 1. The number of aliphatic imine (C=N–C) groups is 1. The van der Waals surface area contributed by atoms with Crippen molar-refractivity contribution in [3.05, 3.63) is 29.8 Å². The number of likely N-dealkylation sites (N-methyl/N-ethyl adjacent to an activating group) is 1. The van der Waals surface area contributed by atoms with Crippen LogP contribution in [0, 0.1) is 0 Å². The second kappa shape index (κ2) is 7.00. The van der Waals surface area contributed by atoms with Gasteiger partial charge in [0.25, 0.3) is 15.9 Å². The maximum Gasteiger partial charge on any atom is 0.308 e. The number of amidine groups is 1. The molecule has 1 amide bonds. The predicted octanol–water partition coefficient (Wildman–Crippen LogP) is 0.135. The van der Waals surface area contributed by atoms with Crippen LogP contribution < -0.4 is 4.72 Å². The van der Waals surface area contributed by atoms with E-state index in [1.807, 2.05) is 0 Å². The number of nitrogens with one attached hydrogen (secondary N) is 1. The molecular weight excluding hydrogens is 334 g/mol. The number of hydrogen-bond donors (Lipinski definition) is 1. The van der Waals surface area contributed by atoms with E-state index in [2.05, 4.69) is 9.71 Å². The fourth-order valence-electron chi connectivity index (χ4n) is 2.18. The number of sulfonamides is 1. The van der Waals surface area contributed by atoms with Crippen molar-refractivity contribution in [2.75, 3.05) is 20.6 Å². The van der Waals surface area contributed by atoms with Crippen LogP contribution in [0.15, 0.2) is 34.2 Å². The van der Waals surface area contributed by atoms with E-state index in [4.69, 9.17) is 4.74 Å². The second-order valence-corrected chi connectivity index (χ2v) is 7.10. The zero-order valence-electron chi connectivity index (χ0n) is 13.6. The Labute approximate surface area is 140 Å². The van der Waals surface area contributed by atoms with Gasteiger partial charge in [-0.3, -0.25) is 19.3 Å². The Bertz CT molecular complexity index is 786. The predicted molar refractivity (Wildman–Crippen MR) is 87.0 cm³/mol. The van der Waals surface area contributed by atoms with Crippen molar-refractivity contribution in [3.8, 4) is 0 Å². The van der Waals surface area contributed by atoms with Crippen LogP contribution in [0.1, 0.15) is 18.9 Å². The molecule has 0 saturated carbocycles. The van der Waals surface area contributed by atoms with Gasteiger partial charge in [-0.05, 0) is 19.1 Å². The average molecular weight is 353 g/mol. The van der Waals surface area contributed by atoms with Crippen molar-refractivity contribution in [3.63, 3.8) is 0 Å². The Hall–Kier alpha value is -2.42. The topological polar surface area (TPSA) is 105 Å². The highest BCUT2D eigenvalue weighted by atomic mass is 32.2. The molecule has 0 aromatic heterocycles. The molecule has 0 saturated heterocycles. The van der Waals surface area contributed by atoms with Gasteiger partial charge in [0, 0.05) is 19.7 Å². The molecule has 0 bridgehead atoms. The monoisotopic (exact) mass is 353 g/mol. The van der Waals surface area contributed by atoms with E-state index < -0.39 is 22.1 Å². The Morgan fingerprint density at radius 2 is 1.96 bits per heavy atom. The Morgan fingerprint density at radius 3 is 2.62 bits per heavy atom. The molecule has 9 heteroatoms. The normalized spacial score (nSPS) is 17.7. The first-order chi connectivity index (χ1) is 11.2. The lowest BCUT2D eigenvalue weighted by atomic mass is 10.2. The van der Waals surface area contributed by atoms with E-state index in [0.29, 0.717) is 5.56 Å². The van der Waals surface area contributed by atoms with Crippen LogP contribution in [0.25, 0.3) is 0 Å². The largest absolute Gasteiger partial charge is 0.452 e. The van der Waals surface area contributed by atoms with E-state index in [-0.39, 0.29) is 29.6 Å². The summed E-state index contributed by atoms with van der Waals surface area (Å²) in [5.74, 6) is -0.681. The van der Waals surface area contributed by atoms with Gasteiger partial charge in [-0.2, -0.15) is 0 Å². The third-order valence-corrected chi connectivity index (χ3v) is 4.74. The summed E-state index contributed by atoms with van der Waals surface area (Å²) in [5.41, 5.74) is 0.474. The molecule has 24 heavy (non-hydrogen) atoms. The summed E-state index contributed by atoms with van der Waals surface area (Å²) < 4.78 is 31.2. The number of carbonyl (C=O) groups excluding carboxylic acids is 2. The molecule has 1 heterocycles. The first-order valence-corrected chi connectivity index (χ1v) is 8.78. The summed E-state index contributed by atoms with van der Waals surface area (Å²) in [4.78, 5) is 29.0. The lowest BCUT2D eigenvalue weighted by Gasteiger charge is -2.16. The van der Waals surface area contributed by atoms with Crippen LogP contribution in [0.5, 0.6) is 0 Å². The Balaban J connectivity index is 1.96. The first kappa shape index (κ1) is 17.9. The summed E-state index contributed by atoms with van der Waals surface area (Å²) in [6, 6.07) is 6.46. The highest BCUT2D eigenvalue weighted by Gasteiger charge is 2.30. The van der Waals surface area contributed by atoms with Gasteiger partial charge in [-0.25, -0.2) is 8.42 Å². The standard InChI is InChI=1S/C15H19N3O5S/c1-10(15(20)18(2)3)23-13(19)8-9-16-14-11-6-4-5-7-12(11)24(21,22)17-14/h4-7,10H,8-9H2,1-3H3,(H,16,17)/t10-/m0/s1. The van der Waals surface area contributed by atoms with Crippen LogP contribution in [-0.2, 0) is 24.3 Å². The summed E-state index contributed by atoms with van der Waals surface area (Å²) in [6.45, 7) is 1.54. The lowest BCUT2D eigenvalue weighted by Crippen LogP contribution is -2.35. The zero-order valence-corrected chi connectivity index (χ0v) is 14.5. The zero-order chi connectivity index (χ0) is 17.9. The number of nitrogens with zero attached hydrogens (tertiary/aromatic N) is 2. The van der Waals surface area contributed by atoms with Crippen LogP contribution in [-0.4, -0.2) is 57.8 Å². The number of rotatable bonds is 5. The fraction of sp³-hybridized carbons (Fsp3) is 0.400. The molecule has 8 nitrogen and oxygen atoms in total. The SMILES string of the molecule is C[C@H](OC(=O)CCN=C1NS(=O)(=O)c2ccccc21)C(=O)N(C)C. The minimum absolute atomic E-state index is 0.0495. The van der Waals surface area contributed by atoms with E-state index in [1.165, 1.54) is 17.9 Å². The van der Waals surface area contributed by atoms with Crippen molar-refractivity contribution < 1.29 is 22.7 Å². The van der Waals surface area contributed by atoms with Crippen molar-refractivity contribution in [1.82, 2.24) is 9.62 Å². The highest BCUT2D eigenvalue weighted by molar-refractivity contribution is 7.90. The van der Waals surface area contributed by atoms with Crippen LogP contribution in [0.3, 0.4) is 0 Å². The highest BCUT2D eigenvalue weighted by Crippen LogP contribution is 2.22.